The van der Waals surface area contributed by atoms with Crippen molar-refractivity contribution < 1.29 is 4.42 Å². The second kappa shape index (κ2) is 4.15. The van der Waals surface area contributed by atoms with Crippen LogP contribution in [0.4, 0.5) is 0 Å². The second-order valence-corrected chi connectivity index (χ2v) is 4.37. The van der Waals surface area contributed by atoms with Gasteiger partial charge in [-0.15, -0.1) is 0 Å². The minimum absolute atomic E-state index is 0.328. The Labute approximate surface area is 84.9 Å². The molecular formula is C11H18N2O. The minimum atomic E-state index is 0.328. The Morgan fingerprint density at radius 2 is 2.43 bits per heavy atom. The van der Waals surface area contributed by atoms with Crippen molar-refractivity contribution in [2.24, 2.45) is 11.7 Å². The van der Waals surface area contributed by atoms with E-state index in [1.807, 2.05) is 12.1 Å². The topological polar surface area (TPSA) is 42.4 Å². The van der Waals surface area contributed by atoms with Gasteiger partial charge in [0, 0.05) is 19.1 Å². The minimum Gasteiger partial charge on any atom is -0.468 e. The molecule has 2 rings (SSSR count). The highest BCUT2D eigenvalue weighted by Gasteiger charge is 2.22. The van der Waals surface area contributed by atoms with Crippen molar-refractivity contribution in [3.05, 3.63) is 24.2 Å². The van der Waals surface area contributed by atoms with Crippen LogP contribution in [0.2, 0.25) is 0 Å². The molecule has 14 heavy (non-hydrogen) atoms. The van der Waals surface area contributed by atoms with Crippen molar-refractivity contribution in [1.82, 2.24) is 4.90 Å². The molecule has 0 aliphatic carbocycles. The maximum atomic E-state index is 5.97. The van der Waals surface area contributed by atoms with Gasteiger partial charge in [-0.2, -0.15) is 0 Å². The van der Waals surface area contributed by atoms with Gasteiger partial charge in [-0.3, -0.25) is 4.90 Å². The SMILES string of the molecule is CC1CC(N)CN(Cc2ccco2)C1. The number of nitrogens with two attached hydrogens (primary N) is 1. The van der Waals surface area contributed by atoms with Gasteiger partial charge in [0.2, 0.25) is 0 Å². The normalized spacial score (nSPS) is 29.3. The van der Waals surface area contributed by atoms with Crippen LogP contribution in [-0.4, -0.2) is 24.0 Å². The molecule has 78 valence electrons. The molecule has 1 fully saturated rings. The van der Waals surface area contributed by atoms with Crippen LogP contribution in [-0.2, 0) is 6.54 Å². The molecule has 0 bridgehead atoms. The average molecular weight is 194 g/mol. The fourth-order valence-electron chi connectivity index (χ4n) is 2.26. The summed E-state index contributed by atoms with van der Waals surface area (Å²) in [5.41, 5.74) is 5.97. The average Bonchev–Trinajstić information content (AvgIpc) is 2.54. The van der Waals surface area contributed by atoms with E-state index in [2.05, 4.69) is 11.8 Å². The zero-order valence-corrected chi connectivity index (χ0v) is 8.65. The van der Waals surface area contributed by atoms with Crippen molar-refractivity contribution in [3.63, 3.8) is 0 Å². The van der Waals surface area contributed by atoms with Gasteiger partial charge < -0.3 is 10.2 Å². The highest BCUT2D eigenvalue weighted by molar-refractivity contribution is 4.98. The third kappa shape index (κ3) is 2.36. The fourth-order valence-corrected chi connectivity index (χ4v) is 2.26. The molecule has 2 N–H and O–H groups in total. The highest BCUT2D eigenvalue weighted by Crippen LogP contribution is 2.17. The van der Waals surface area contributed by atoms with Crippen LogP contribution < -0.4 is 5.73 Å². The van der Waals surface area contributed by atoms with Crippen molar-refractivity contribution in [2.45, 2.75) is 25.9 Å². The lowest BCUT2D eigenvalue weighted by molar-refractivity contribution is 0.148. The van der Waals surface area contributed by atoms with Crippen LogP contribution in [0.5, 0.6) is 0 Å². The molecule has 3 heteroatoms. The third-order valence-electron chi connectivity index (χ3n) is 2.73. The van der Waals surface area contributed by atoms with Gasteiger partial charge in [0.15, 0.2) is 0 Å². The van der Waals surface area contributed by atoms with E-state index >= 15 is 0 Å². The largest absolute Gasteiger partial charge is 0.468 e. The van der Waals surface area contributed by atoms with Crippen LogP contribution in [0.1, 0.15) is 19.1 Å². The third-order valence-corrected chi connectivity index (χ3v) is 2.73. The van der Waals surface area contributed by atoms with Crippen molar-refractivity contribution in [2.75, 3.05) is 13.1 Å². The molecule has 2 unspecified atom stereocenters. The first-order valence-corrected chi connectivity index (χ1v) is 5.24. The number of furan rings is 1. The molecule has 0 aromatic carbocycles. The molecule has 0 saturated carbocycles. The molecule has 0 spiro atoms. The van der Waals surface area contributed by atoms with E-state index in [9.17, 15) is 0 Å². The van der Waals surface area contributed by atoms with Gasteiger partial charge in [-0.25, -0.2) is 0 Å². The molecule has 1 aliphatic heterocycles. The van der Waals surface area contributed by atoms with Crippen LogP contribution >= 0.6 is 0 Å². The first-order valence-electron chi connectivity index (χ1n) is 5.24. The molecule has 0 radical (unpaired) electrons. The Bertz CT molecular complexity index is 261. The van der Waals surface area contributed by atoms with Gasteiger partial charge in [0.25, 0.3) is 0 Å². The second-order valence-electron chi connectivity index (χ2n) is 4.37. The molecule has 1 saturated heterocycles. The lowest BCUT2D eigenvalue weighted by atomic mass is 9.96. The first-order chi connectivity index (χ1) is 6.74. The molecule has 1 aromatic rings. The maximum Gasteiger partial charge on any atom is 0.117 e. The summed E-state index contributed by atoms with van der Waals surface area (Å²) in [5, 5.41) is 0. The summed E-state index contributed by atoms with van der Waals surface area (Å²) in [6, 6.07) is 4.28. The number of hydrogen-bond acceptors (Lipinski definition) is 3. The predicted octanol–water partition coefficient (Wildman–Crippen LogP) is 1.45. The Kier molecular flexibility index (Phi) is 2.89. The molecule has 3 nitrogen and oxygen atoms in total. The summed E-state index contributed by atoms with van der Waals surface area (Å²) in [6.45, 7) is 5.28. The number of rotatable bonds is 2. The Morgan fingerprint density at radius 3 is 3.07 bits per heavy atom. The number of hydrogen-bond donors (Lipinski definition) is 1. The summed E-state index contributed by atoms with van der Waals surface area (Å²) >= 11 is 0. The van der Waals surface area contributed by atoms with E-state index in [0.717, 1.165) is 31.8 Å². The Morgan fingerprint density at radius 1 is 1.57 bits per heavy atom. The quantitative estimate of drug-likeness (QED) is 0.774. The van der Waals surface area contributed by atoms with Crippen molar-refractivity contribution in [3.8, 4) is 0 Å². The summed E-state index contributed by atoms with van der Waals surface area (Å²) < 4.78 is 5.32. The lowest BCUT2D eigenvalue weighted by Crippen LogP contribution is -2.45. The molecular weight excluding hydrogens is 176 g/mol. The van der Waals surface area contributed by atoms with Crippen LogP contribution in [0.25, 0.3) is 0 Å². The van der Waals surface area contributed by atoms with E-state index in [1.165, 1.54) is 0 Å². The molecule has 1 aliphatic rings. The number of nitrogens with zero attached hydrogens (tertiary/aromatic N) is 1. The van der Waals surface area contributed by atoms with E-state index in [-0.39, 0.29) is 0 Å². The van der Waals surface area contributed by atoms with E-state index < -0.39 is 0 Å². The Hall–Kier alpha value is -0.800. The van der Waals surface area contributed by atoms with Gasteiger partial charge in [0.1, 0.15) is 5.76 Å². The van der Waals surface area contributed by atoms with Gasteiger partial charge in [-0.1, -0.05) is 6.92 Å². The van der Waals surface area contributed by atoms with E-state index in [4.69, 9.17) is 10.2 Å². The fraction of sp³-hybridized carbons (Fsp3) is 0.636. The molecule has 0 amide bonds. The molecule has 2 heterocycles. The van der Waals surface area contributed by atoms with Crippen LogP contribution in [0.15, 0.2) is 22.8 Å². The smallest absolute Gasteiger partial charge is 0.117 e. The summed E-state index contributed by atoms with van der Waals surface area (Å²) in [7, 11) is 0. The highest BCUT2D eigenvalue weighted by atomic mass is 16.3. The van der Waals surface area contributed by atoms with Crippen molar-refractivity contribution >= 4 is 0 Å². The van der Waals surface area contributed by atoms with Crippen LogP contribution in [0.3, 0.4) is 0 Å². The van der Waals surface area contributed by atoms with Gasteiger partial charge >= 0.3 is 0 Å². The standard InChI is InChI=1S/C11H18N2O/c1-9-5-10(12)7-13(6-9)8-11-3-2-4-14-11/h2-4,9-10H,5-8,12H2,1H3. The summed E-state index contributed by atoms with van der Waals surface area (Å²) in [5.74, 6) is 1.74. The van der Waals surface area contributed by atoms with Gasteiger partial charge in [-0.05, 0) is 24.5 Å². The molecule has 1 aromatic heterocycles. The summed E-state index contributed by atoms with van der Waals surface area (Å²) in [4.78, 5) is 2.37. The number of likely N-dealkylation sites (tertiary alicyclic amines) is 1. The van der Waals surface area contributed by atoms with E-state index in [0.29, 0.717) is 12.0 Å². The predicted molar refractivity (Wildman–Crippen MR) is 55.7 cm³/mol. The maximum absolute atomic E-state index is 5.97. The Balaban J connectivity index is 1.91. The summed E-state index contributed by atoms with van der Waals surface area (Å²) in [6.07, 6.45) is 2.87. The van der Waals surface area contributed by atoms with Crippen molar-refractivity contribution in [1.29, 1.82) is 0 Å². The lowest BCUT2D eigenvalue weighted by Gasteiger charge is -2.34. The zero-order valence-electron chi connectivity index (χ0n) is 8.65. The zero-order chi connectivity index (χ0) is 9.97. The van der Waals surface area contributed by atoms with Gasteiger partial charge in [0.05, 0.1) is 12.8 Å². The van der Waals surface area contributed by atoms with Crippen LogP contribution in [0, 0.1) is 5.92 Å². The monoisotopic (exact) mass is 194 g/mol. The molecule has 2 atom stereocenters. The van der Waals surface area contributed by atoms with E-state index in [1.54, 1.807) is 6.26 Å². The first kappa shape index (κ1) is 9.74. The number of piperidine rings is 1.